The monoisotopic (exact) mass is 390 g/mol. The third kappa shape index (κ3) is 3.58. The number of aromatic nitrogens is 2. The van der Waals surface area contributed by atoms with E-state index in [4.69, 9.17) is 4.74 Å². The summed E-state index contributed by atoms with van der Waals surface area (Å²) in [6.45, 7) is 3.55. The first-order valence-corrected chi connectivity index (χ1v) is 8.45. The summed E-state index contributed by atoms with van der Waals surface area (Å²) < 4.78 is 46.0. The topological polar surface area (TPSA) is 64.3 Å². The number of hydrogen-bond donors (Lipinski definition) is 1. The second-order valence-electron chi connectivity index (χ2n) is 6.02. The van der Waals surface area contributed by atoms with E-state index in [0.29, 0.717) is 17.1 Å². The Labute approximate surface area is 159 Å². The summed E-state index contributed by atoms with van der Waals surface area (Å²) in [4.78, 5) is 16.3. The number of aryl methyl sites for hydroxylation is 1. The van der Waals surface area contributed by atoms with Gasteiger partial charge >= 0.3 is 12.1 Å². The number of alkyl halides is 3. The zero-order valence-corrected chi connectivity index (χ0v) is 15.1. The van der Waals surface area contributed by atoms with Gasteiger partial charge in [-0.05, 0) is 56.3 Å². The Morgan fingerprint density at radius 1 is 1.21 bits per heavy atom. The summed E-state index contributed by atoms with van der Waals surface area (Å²) in [5.41, 5.74) is 0.403. The molecule has 2 aromatic heterocycles. The van der Waals surface area contributed by atoms with Crippen molar-refractivity contribution < 1.29 is 27.8 Å². The average Bonchev–Trinajstić information content (AvgIpc) is 3.02. The van der Waals surface area contributed by atoms with Gasteiger partial charge < -0.3 is 14.4 Å². The maximum Gasteiger partial charge on any atom is 0.416 e. The summed E-state index contributed by atoms with van der Waals surface area (Å²) in [5.74, 6) is -0.959. The molecule has 1 N–H and O–H groups in total. The molecule has 146 valence electrons. The van der Waals surface area contributed by atoms with Gasteiger partial charge in [0.25, 0.3) is 0 Å². The van der Waals surface area contributed by atoms with Gasteiger partial charge in [0.1, 0.15) is 5.75 Å². The molecule has 5 nitrogen and oxygen atoms in total. The van der Waals surface area contributed by atoms with Crippen molar-refractivity contribution >= 4 is 5.97 Å². The number of halogens is 3. The Morgan fingerprint density at radius 2 is 1.96 bits per heavy atom. The first-order valence-electron chi connectivity index (χ1n) is 8.45. The third-order valence-electron chi connectivity index (χ3n) is 4.17. The fraction of sp³-hybridized carbons (Fsp3) is 0.200. The minimum Gasteiger partial charge on any atom is -0.507 e. The van der Waals surface area contributed by atoms with Crippen LogP contribution in [0.25, 0.3) is 16.9 Å². The standard InChI is InChI=1S/C20H17F3N2O3/c1-3-28-19(27)18-16(5-4-10-24-18)25-12(2)6-8-15(25)14-11-13(20(21,22)23)7-9-17(14)26/h4-11,26H,3H2,1-2H3. The Hall–Kier alpha value is -3.29. The van der Waals surface area contributed by atoms with E-state index in [9.17, 15) is 23.1 Å². The number of rotatable bonds is 4. The summed E-state index contributed by atoms with van der Waals surface area (Å²) >= 11 is 0. The van der Waals surface area contributed by atoms with Crippen LogP contribution in [0.1, 0.15) is 28.7 Å². The van der Waals surface area contributed by atoms with E-state index in [2.05, 4.69) is 4.98 Å². The highest BCUT2D eigenvalue weighted by Gasteiger charge is 2.31. The van der Waals surface area contributed by atoms with Gasteiger partial charge in [0.15, 0.2) is 5.69 Å². The number of phenolic OH excluding ortho intramolecular Hbond substituents is 1. The number of carbonyl (C=O) groups excluding carboxylic acids is 1. The van der Waals surface area contributed by atoms with Gasteiger partial charge in [-0.2, -0.15) is 13.2 Å². The third-order valence-corrected chi connectivity index (χ3v) is 4.17. The van der Waals surface area contributed by atoms with E-state index in [1.54, 1.807) is 42.7 Å². The van der Waals surface area contributed by atoms with Crippen LogP contribution in [0.5, 0.6) is 5.75 Å². The summed E-state index contributed by atoms with van der Waals surface area (Å²) in [6.07, 6.45) is -3.13. The molecule has 0 unspecified atom stereocenters. The fourth-order valence-corrected chi connectivity index (χ4v) is 2.92. The smallest absolute Gasteiger partial charge is 0.416 e. The predicted octanol–water partition coefficient (Wildman–Crippen LogP) is 4.75. The highest BCUT2D eigenvalue weighted by molar-refractivity contribution is 5.92. The molecule has 8 heteroatoms. The van der Waals surface area contributed by atoms with Gasteiger partial charge in [0.05, 0.1) is 23.6 Å². The molecule has 0 fully saturated rings. The van der Waals surface area contributed by atoms with Gasteiger partial charge in [-0.25, -0.2) is 9.78 Å². The van der Waals surface area contributed by atoms with Crippen molar-refractivity contribution in [1.29, 1.82) is 0 Å². The zero-order valence-electron chi connectivity index (χ0n) is 15.1. The van der Waals surface area contributed by atoms with Gasteiger partial charge in [0.2, 0.25) is 0 Å². The zero-order chi connectivity index (χ0) is 20.5. The molecule has 0 amide bonds. The van der Waals surface area contributed by atoms with Gasteiger partial charge in [0, 0.05) is 17.5 Å². The summed E-state index contributed by atoms with van der Waals surface area (Å²) in [7, 11) is 0. The first kappa shape index (κ1) is 19.5. The Morgan fingerprint density at radius 3 is 2.64 bits per heavy atom. The lowest BCUT2D eigenvalue weighted by atomic mass is 10.1. The van der Waals surface area contributed by atoms with Crippen molar-refractivity contribution in [1.82, 2.24) is 9.55 Å². The molecule has 0 saturated heterocycles. The van der Waals surface area contributed by atoms with Crippen molar-refractivity contribution in [2.24, 2.45) is 0 Å². The SMILES string of the molecule is CCOC(=O)c1ncccc1-n1c(C)ccc1-c1cc(C(F)(F)F)ccc1O. The fourth-order valence-electron chi connectivity index (χ4n) is 2.92. The van der Waals surface area contributed by atoms with Crippen LogP contribution < -0.4 is 0 Å². The summed E-state index contributed by atoms with van der Waals surface area (Å²) in [5, 5.41) is 10.2. The highest BCUT2D eigenvalue weighted by atomic mass is 19.4. The van der Waals surface area contributed by atoms with Crippen LogP contribution in [0.2, 0.25) is 0 Å². The van der Waals surface area contributed by atoms with Crippen LogP contribution in [-0.4, -0.2) is 27.2 Å². The molecule has 0 aliphatic heterocycles. The molecule has 3 rings (SSSR count). The molecule has 0 saturated carbocycles. The predicted molar refractivity (Wildman–Crippen MR) is 96.4 cm³/mol. The number of carbonyl (C=O) groups is 1. The molecule has 0 aliphatic rings. The molecule has 0 bridgehead atoms. The van der Waals surface area contributed by atoms with Crippen molar-refractivity contribution in [3.63, 3.8) is 0 Å². The molecular formula is C20H17F3N2O3. The quantitative estimate of drug-likeness (QED) is 0.653. The number of hydrogen-bond acceptors (Lipinski definition) is 4. The molecule has 3 aromatic rings. The Balaban J connectivity index is 2.23. The number of nitrogens with zero attached hydrogens (tertiary/aromatic N) is 2. The van der Waals surface area contributed by atoms with E-state index < -0.39 is 17.7 Å². The Kier molecular flexibility index (Phi) is 5.13. The van der Waals surface area contributed by atoms with E-state index in [-0.39, 0.29) is 23.6 Å². The molecule has 0 atom stereocenters. The lowest BCUT2D eigenvalue weighted by molar-refractivity contribution is -0.137. The number of pyridine rings is 1. The number of benzene rings is 1. The molecular weight excluding hydrogens is 373 g/mol. The lowest BCUT2D eigenvalue weighted by Gasteiger charge is -2.16. The van der Waals surface area contributed by atoms with Crippen molar-refractivity contribution in [2.45, 2.75) is 20.0 Å². The Bertz CT molecular complexity index is 1030. The van der Waals surface area contributed by atoms with Crippen molar-refractivity contribution in [3.05, 3.63) is 65.6 Å². The van der Waals surface area contributed by atoms with E-state index in [1.807, 2.05) is 0 Å². The van der Waals surface area contributed by atoms with Crippen molar-refractivity contribution in [2.75, 3.05) is 6.61 Å². The van der Waals surface area contributed by atoms with Crippen molar-refractivity contribution in [3.8, 4) is 22.7 Å². The van der Waals surface area contributed by atoms with E-state index >= 15 is 0 Å². The highest BCUT2D eigenvalue weighted by Crippen LogP contribution is 2.38. The van der Waals surface area contributed by atoms with E-state index in [1.165, 1.54) is 6.20 Å². The molecule has 0 aliphatic carbocycles. The number of esters is 1. The molecule has 0 radical (unpaired) electrons. The van der Waals surface area contributed by atoms with Crippen LogP contribution in [0.15, 0.2) is 48.7 Å². The molecule has 2 heterocycles. The number of phenols is 1. The minimum absolute atomic E-state index is 0.0124. The largest absolute Gasteiger partial charge is 0.507 e. The average molecular weight is 390 g/mol. The first-order chi connectivity index (χ1) is 13.2. The normalized spacial score (nSPS) is 11.5. The maximum atomic E-state index is 13.1. The number of aromatic hydroxyl groups is 1. The molecule has 1 aromatic carbocycles. The molecule has 0 spiro atoms. The second-order valence-corrected chi connectivity index (χ2v) is 6.02. The van der Waals surface area contributed by atoms with Crippen LogP contribution in [-0.2, 0) is 10.9 Å². The second kappa shape index (κ2) is 7.38. The minimum atomic E-state index is -4.56. The number of ether oxygens (including phenoxy) is 1. The summed E-state index contributed by atoms with van der Waals surface area (Å²) in [6, 6.07) is 9.16. The molecule has 28 heavy (non-hydrogen) atoms. The van der Waals surface area contributed by atoms with Crippen LogP contribution >= 0.6 is 0 Å². The lowest BCUT2D eigenvalue weighted by Crippen LogP contribution is -2.13. The van der Waals surface area contributed by atoms with Gasteiger partial charge in [-0.1, -0.05) is 0 Å². The van der Waals surface area contributed by atoms with Crippen LogP contribution in [0, 0.1) is 6.92 Å². The van der Waals surface area contributed by atoms with Gasteiger partial charge in [-0.15, -0.1) is 0 Å². The van der Waals surface area contributed by atoms with Crippen LogP contribution in [0.3, 0.4) is 0 Å². The van der Waals surface area contributed by atoms with Gasteiger partial charge in [-0.3, -0.25) is 0 Å². The van der Waals surface area contributed by atoms with E-state index in [0.717, 1.165) is 18.2 Å². The van der Waals surface area contributed by atoms with Crippen LogP contribution in [0.4, 0.5) is 13.2 Å². The maximum absolute atomic E-state index is 13.1.